The summed E-state index contributed by atoms with van der Waals surface area (Å²) in [7, 11) is 0. The molecule has 0 unspecified atom stereocenters. The molecular formula is C22H21N8O+. The molecule has 5 aromatic rings. The fraction of sp³-hybridized carbons (Fsp3) is 0.136. The number of nitrogens with zero attached hydrogens (tertiary/aromatic N) is 5. The van der Waals surface area contributed by atoms with Crippen molar-refractivity contribution in [3.05, 3.63) is 82.6 Å². The van der Waals surface area contributed by atoms with Crippen molar-refractivity contribution in [3.63, 3.8) is 0 Å². The Morgan fingerprint density at radius 1 is 1.10 bits per heavy atom. The van der Waals surface area contributed by atoms with Crippen LogP contribution in [0.5, 0.6) is 0 Å². The summed E-state index contributed by atoms with van der Waals surface area (Å²) in [5.41, 5.74) is 11.6. The molecule has 0 radical (unpaired) electrons. The molecule has 0 saturated heterocycles. The van der Waals surface area contributed by atoms with Crippen LogP contribution < -0.4 is 16.4 Å². The molecule has 0 atom stereocenters. The summed E-state index contributed by atoms with van der Waals surface area (Å²) >= 11 is 0. The van der Waals surface area contributed by atoms with Crippen molar-refractivity contribution in [2.75, 3.05) is 5.73 Å². The average Bonchev–Trinajstić information content (AvgIpc) is 3.36. The van der Waals surface area contributed by atoms with E-state index in [1.165, 1.54) is 9.08 Å². The molecule has 4 N–H and O–H groups in total. The van der Waals surface area contributed by atoms with Gasteiger partial charge in [0, 0.05) is 29.3 Å². The number of benzene rings is 1. The molecule has 4 aromatic heterocycles. The normalized spacial score (nSPS) is 11.3. The Morgan fingerprint density at radius 2 is 1.84 bits per heavy atom. The second-order valence-electron chi connectivity index (χ2n) is 7.40. The number of nitrogens with two attached hydrogens (primary N) is 1. The maximum atomic E-state index is 13.2. The van der Waals surface area contributed by atoms with E-state index in [1.54, 1.807) is 12.4 Å². The smallest absolute Gasteiger partial charge is 0.347 e. The van der Waals surface area contributed by atoms with Gasteiger partial charge in [-0.05, 0) is 31.5 Å². The zero-order valence-corrected chi connectivity index (χ0v) is 17.1. The van der Waals surface area contributed by atoms with E-state index in [2.05, 4.69) is 25.0 Å². The molecular weight excluding hydrogens is 392 g/mol. The molecule has 0 bridgehead atoms. The van der Waals surface area contributed by atoms with Gasteiger partial charge in [-0.15, -0.1) is 9.50 Å². The van der Waals surface area contributed by atoms with Crippen molar-refractivity contribution in [3.8, 4) is 22.4 Å². The molecule has 5 rings (SSSR count). The minimum atomic E-state index is -0.344. The highest BCUT2D eigenvalue weighted by atomic mass is 16.2. The van der Waals surface area contributed by atoms with Crippen LogP contribution in [0, 0.1) is 13.8 Å². The summed E-state index contributed by atoms with van der Waals surface area (Å²) < 4.78 is 2.76. The van der Waals surface area contributed by atoms with Crippen LogP contribution in [0.3, 0.4) is 0 Å². The van der Waals surface area contributed by atoms with Gasteiger partial charge in [0.25, 0.3) is 0 Å². The summed E-state index contributed by atoms with van der Waals surface area (Å²) in [4.78, 5) is 28.1. The Morgan fingerprint density at radius 3 is 2.52 bits per heavy atom. The molecule has 0 aliphatic carbocycles. The van der Waals surface area contributed by atoms with Gasteiger partial charge in [-0.3, -0.25) is 10.7 Å². The van der Waals surface area contributed by atoms with Crippen LogP contribution in [-0.4, -0.2) is 29.1 Å². The number of rotatable bonds is 4. The zero-order chi connectivity index (χ0) is 21.5. The standard InChI is InChI=1S/C22H20N8O/c1-13-10-16(11-14(2)26-13)18-19(15-6-4-3-5-7-15)27-21(23)30-20(18)28-29(22(30)31)12-17-24-8-9-25-17/h3-11H,12H2,1-2H3,(H2,23,27)(H,24,25)/p+1. The molecule has 0 saturated carbocycles. The van der Waals surface area contributed by atoms with Crippen LogP contribution >= 0.6 is 0 Å². The monoisotopic (exact) mass is 413 g/mol. The largest absolute Gasteiger partial charge is 0.411 e. The number of hydrogen-bond donors (Lipinski definition) is 2. The number of fused-ring (bicyclic) bond motifs is 1. The lowest BCUT2D eigenvalue weighted by Crippen LogP contribution is -2.28. The number of aromatic nitrogens is 7. The summed E-state index contributed by atoms with van der Waals surface area (Å²) in [6.45, 7) is 4.10. The van der Waals surface area contributed by atoms with E-state index < -0.39 is 0 Å². The Balaban J connectivity index is 1.85. The SMILES string of the molecule is Cc1cc(-c2c(-c3ccccc3)[nH+]c(N)n3c(=O)n(Cc4ncc[nH]4)nc23)cc(C)n1. The third-order valence-electron chi connectivity index (χ3n) is 5.09. The van der Waals surface area contributed by atoms with Crippen molar-refractivity contribution >= 4 is 11.6 Å². The molecule has 0 aliphatic heterocycles. The zero-order valence-electron chi connectivity index (χ0n) is 17.1. The molecule has 0 amide bonds. The van der Waals surface area contributed by atoms with Crippen LogP contribution in [0.2, 0.25) is 0 Å². The summed E-state index contributed by atoms with van der Waals surface area (Å²) in [6.07, 6.45) is 3.35. The van der Waals surface area contributed by atoms with E-state index in [0.717, 1.165) is 33.8 Å². The molecule has 31 heavy (non-hydrogen) atoms. The number of hydrogen-bond acceptors (Lipinski definition) is 5. The lowest BCUT2D eigenvalue weighted by molar-refractivity contribution is -0.351. The number of imidazole rings is 1. The predicted octanol–water partition coefficient (Wildman–Crippen LogP) is 2.01. The summed E-state index contributed by atoms with van der Waals surface area (Å²) in [5, 5.41) is 4.66. The van der Waals surface area contributed by atoms with Gasteiger partial charge in [-0.25, -0.2) is 14.8 Å². The lowest BCUT2D eigenvalue weighted by atomic mass is 9.99. The van der Waals surface area contributed by atoms with E-state index in [1.807, 2.05) is 56.3 Å². The van der Waals surface area contributed by atoms with Gasteiger partial charge >= 0.3 is 11.6 Å². The fourth-order valence-electron chi connectivity index (χ4n) is 3.85. The first-order valence-electron chi connectivity index (χ1n) is 9.85. The van der Waals surface area contributed by atoms with E-state index in [9.17, 15) is 4.79 Å². The van der Waals surface area contributed by atoms with Crippen LogP contribution in [0.1, 0.15) is 17.2 Å². The first-order chi connectivity index (χ1) is 15.0. The highest BCUT2D eigenvalue weighted by Gasteiger charge is 2.26. The van der Waals surface area contributed by atoms with Crippen LogP contribution in [0.15, 0.2) is 59.7 Å². The van der Waals surface area contributed by atoms with E-state index in [-0.39, 0.29) is 18.2 Å². The maximum Gasteiger partial charge on any atom is 0.411 e. The molecule has 1 aromatic carbocycles. The molecule has 4 heterocycles. The first-order valence-corrected chi connectivity index (χ1v) is 9.85. The molecule has 9 nitrogen and oxygen atoms in total. The van der Waals surface area contributed by atoms with Crippen molar-refractivity contribution in [1.29, 1.82) is 0 Å². The molecule has 9 heteroatoms. The number of nitrogen functional groups attached to an aromatic ring is 1. The van der Waals surface area contributed by atoms with Crippen LogP contribution in [-0.2, 0) is 6.54 Å². The highest BCUT2D eigenvalue weighted by Crippen LogP contribution is 2.32. The van der Waals surface area contributed by atoms with Crippen molar-refractivity contribution in [2.45, 2.75) is 20.4 Å². The minimum Gasteiger partial charge on any atom is -0.347 e. The second-order valence-corrected chi connectivity index (χ2v) is 7.40. The van der Waals surface area contributed by atoms with Gasteiger partial charge in [0.2, 0.25) is 5.65 Å². The minimum absolute atomic E-state index is 0.204. The predicted molar refractivity (Wildman–Crippen MR) is 116 cm³/mol. The Labute approximate surface area is 177 Å². The molecule has 0 aliphatic rings. The Hall–Kier alpha value is -4.27. The second kappa shape index (κ2) is 7.21. The van der Waals surface area contributed by atoms with E-state index in [4.69, 9.17) is 5.73 Å². The lowest BCUT2D eigenvalue weighted by Gasteiger charge is -2.10. The van der Waals surface area contributed by atoms with Crippen molar-refractivity contribution in [1.82, 2.24) is 29.1 Å². The van der Waals surface area contributed by atoms with Crippen molar-refractivity contribution in [2.24, 2.45) is 0 Å². The van der Waals surface area contributed by atoms with Crippen LogP contribution in [0.25, 0.3) is 28.0 Å². The number of aryl methyl sites for hydroxylation is 2. The number of pyridine rings is 1. The Kier molecular flexibility index (Phi) is 4.36. The third kappa shape index (κ3) is 3.25. The highest BCUT2D eigenvalue weighted by molar-refractivity contribution is 5.88. The van der Waals surface area contributed by atoms with E-state index >= 15 is 0 Å². The van der Waals surface area contributed by atoms with Crippen LogP contribution in [0.4, 0.5) is 5.95 Å². The van der Waals surface area contributed by atoms with Gasteiger partial charge in [0.1, 0.15) is 18.1 Å². The van der Waals surface area contributed by atoms with Gasteiger partial charge in [0.15, 0.2) is 0 Å². The van der Waals surface area contributed by atoms with Gasteiger partial charge in [-0.1, -0.05) is 30.3 Å². The average molecular weight is 413 g/mol. The quantitative estimate of drug-likeness (QED) is 0.467. The third-order valence-corrected chi connectivity index (χ3v) is 5.09. The fourth-order valence-corrected chi connectivity index (χ4v) is 3.85. The first kappa shape index (κ1) is 18.7. The Bertz CT molecular complexity index is 1430. The summed E-state index contributed by atoms with van der Waals surface area (Å²) in [5.74, 6) is 0.837. The topological polar surface area (TPSA) is 121 Å². The summed E-state index contributed by atoms with van der Waals surface area (Å²) in [6, 6.07) is 13.8. The van der Waals surface area contributed by atoms with Gasteiger partial charge in [-0.2, -0.15) is 4.68 Å². The number of H-pyrrole nitrogens is 2. The number of nitrogens with one attached hydrogen (secondary N) is 2. The number of aromatic amines is 2. The number of anilines is 1. The maximum absolute atomic E-state index is 13.2. The van der Waals surface area contributed by atoms with Gasteiger partial charge in [0.05, 0.1) is 5.56 Å². The molecule has 0 fully saturated rings. The van der Waals surface area contributed by atoms with E-state index in [0.29, 0.717) is 11.5 Å². The van der Waals surface area contributed by atoms with Crippen molar-refractivity contribution < 1.29 is 4.98 Å². The molecule has 154 valence electrons. The molecule has 0 spiro atoms. The van der Waals surface area contributed by atoms with Gasteiger partial charge < -0.3 is 4.98 Å².